The first-order chi connectivity index (χ1) is 11.5. The number of benzene rings is 2. The maximum absolute atomic E-state index is 13.8. The van der Waals surface area contributed by atoms with E-state index in [2.05, 4.69) is 0 Å². The lowest BCUT2D eigenvalue weighted by Crippen LogP contribution is -2.29. The molecule has 2 aromatic rings. The second-order valence-corrected chi connectivity index (χ2v) is 5.83. The van der Waals surface area contributed by atoms with Gasteiger partial charge in [0.1, 0.15) is 5.82 Å². The number of fused-ring (bicyclic) bond motifs is 1. The monoisotopic (exact) mass is 322 g/mol. The van der Waals surface area contributed by atoms with Crippen LogP contribution in [-0.4, -0.2) is 11.7 Å². The number of hydrogen-bond donors (Lipinski definition) is 0. The molecule has 0 saturated heterocycles. The summed E-state index contributed by atoms with van der Waals surface area (Å²) in [7, 11) is 0. The number of rotatable bonds is 2. The summed E-state index contributed by atoms with van der Waals surface area (Å²) in [5.41, 5.74) is 2.38. The Morgan fingerprint density at radius 3 is 2.67 bits per heavy atom. The summed E-state index contributed by atoms with van der Waals surface area (Å²) in [6, 6.07) is 11.5. The molecule has 0 bridgehead atoms. The van der Waals surface area contributed by atoms with Crippen molar-refractivity contribution < 1.29 is 14.0 Å². The Balaban J connectivity index is 2.06. The van der Waals surface area contributed by atoms with Crippen LogP contribution in [0.4, 0.5) is 10.1 Å². The summed E-state index contributed by atoms with van der Waals surface area (Å²) in [5, 5.41) is 9.10. The molecule has 2 aromatic carbocycles. The van der Waals surface area contributed by atoms with Gasteiger partial charge in [0.2, 0.25) is 5.91 Å². The lowest BCUT2D eigenvalue weighted by molar-refractivity contribution is -0.118. The van der Waals surface area contributed by atoms with Crippen molar-refractivity contribution in [2.24, 2.45) is 0 Å². The Bertz CT molecular complexity index is 883. The van der Waals surface area contributed by atoms with Crippen molar-refractivity contribution in [1.82, 2.24) is 0 Å². The van der Waals surface area contributed by atoms with E-state index in [1.54, 1.807) is 37.3 Å². The molecule has 0 spiro atoms. The number of carbonyl (C=O) groups is 2. The molecule has 0 atom stereocenters. The van der Waals surface area contributed by atoms with Crippen molar-refractivity contribution in [2.75, 3.05) is 4.90 Å². The Morgan fingerprint density at radius 1 is 1.17 bits per heavy atom. The quantitative estimate of drug-likeness (QED) is 0.850. The van der Waals surface area contributed by atoms with Gasteiger partial charge in [0.05, 0.1) is 23.9 Å². The second-order valence-electron chi connectivity index (χ2n) is 5.83. The van der Waals surface area contributed by atoms with Gasteiger partial charge in [-0.25, -0.2) is 4.39 Å². The lowest BCUT2D eigenvalue weighted by atomic mass is 10.0. The van der Waals surface area contributed by atoms with E-state index in [1.165, 1.54) is 11.0 Å². The van der Waals surface area contributed by atoms with Crippen molar-refractivity contribution >= 4 is 17.4 Å². The number of halogens is 1. The molecule has 0 radical (unpaired) electrons. The molecule has 24 heavy (non-hydrogen) atoms. The van der Waals surface area contributed by atoms with Crippen molar-refractivity contribution in [2.45, 2.75) is 26.3 Å². The minimum absolute atomic E-state index is 0.101. The first kappa shape index (κ1) is 15.9. The number of ketones is 1. The molecule has 0 N–H and O–H groups in total. The van der Waals surface area contributed by atoms with Crippen LogP contribution in [0.3, 0.4) is 0 Å². The molecular weight excluding hydrogens is 307 g/mol. The minimum atomic E-state index is -0.336. The highest BCUT2D eigenvalue weighted by molar-refractivity contribution is 6.10. The molecule has 0 fully saturated rings. The number of hydrogen-bond acceptors (Lipinski definition) is 3. The van der Waals surface area contributed by atoms with E-state index in [0.717, 1.165) is 0 Å². The summed E-state index contributed by atoms with van der Waals surface area (Å²) in [5.74, 6) is -0.671. The minimum Gasteiger partial charge on any atom is -0.307 e. The van der Waals surface area contributed by atoms with E-state index in [1.807, 2.05) is 6.07 Å². The third-order valence-electron chi connectivity index (χ3n) is 4.16. The number of amides is 1. The summed E-state index contributed by atoms with van der Waals surface area (Å²) in [6.45, 7) is 1.83. The number of nitrogens with zero attached hydrogens (tertiary/aromatic N) is 2. The van der Waals surface area contributed by atoms with Gasteiger partial charge in [-0.15, -0.1) is 0 Å². The van der Waals surface area contributed by atoms with Gasteiger partial charge in [-0.05, 0) is 42.3 Å². The van der Waals surface area contributed by atoms with Crippen LogP contribution in [0.25, 0.3) is 0 Å². The number of aryl methyl sites for hydroxylation is 1. The van der Waals surface area contributed by atoms with Gasteiger partial charge in [-0.2, -0.15) is 5.26 Å². The SMILES string of the molecule is Cc1ccc(CN2C(=O)CCC(=O)c3ccc(C#N)cc32)cc1F. The van der Waals surface area contributed by atoms with Crippen molar-refractivity contribution in [1.29, 1.82) is 5.26 Å². The molecule has 1 heterocycles. The summed E-state index contributed by atoms with van der Waals surface area (Å²) < 4.78 is 13.8. The van der Waals surface area contributed by atoms with Gasteiger partial charge in [-0.1, -0.05) is 12.1 Å². The van der Waals surface area contributed by atoms with Crippen LogP contribution >= 0.6 is 0 Å². The molecule has 1 aliphatic heterocycles. The Labute approximate surface area is 139 Å². The van der Waals surface area contributed by atoms with Crippen molar-refractivity contribution in [3.63, 3.8) is 0 Å². The van der Waals surface area contributed by atoms with Gasteiger partial charge >= 0.3 is 0 Å². The van der Waals surface area contributed by atoms with E-state index < -0.39 is 0 Å². The van der Waals surface area contributed by atoms with Crippen molar-refractivity contribution in [3.8, 4) is 6.07 Å². The molecule has 120 valence electrons. The average Bonchev–Trinajstić information content (AvgIpc) is 2.69. The fourth-order valence-corrected chi connectivity index (χ4v) is 2.78. The molecule has 1 aliphatic rings. The molecule has 0 aromatic heterocycles. The topological polar surface area (TPSA) is 61.2 Å². The molecule has 0 unspecified atom stereocenters. The second kappa shape index (κ2) is 6.25. The van der Waals surface area contributed by atoms with Crippen molar-refractivity contribution in [3.05, 3.63) is 64.5 Å². The third kappa shape index (κ3) is 2.91. The van der Waals surface area contributed by atoms with Gasteiger partial charge < -0.3 is 4.90 Å². The van der Waals surface area contributed by atoms with E-state index in [4.69, 9.17) is 5.26 Å². The highest BCUT2D eigenvalue weighted by Gasteiger charge is 2.27. The average molecular weight is 322 g/mol. The zero-order valence-electron chi connectivity index (χ0n) is 13.2. The molecule has 4 nitrogen and oxygen atoms in total. The summed E-state index contributed by atoms with van der Waals surface area (Å²) in [4.78, 5) is 26.2. The van der Waals surface area contributed by atoms with Crippen LogP contribution in [0.5, 0.6) is 0 Å². The standard InChI is InChI=1S/C19H15FN2O2/c1-12-2-3-14(8-16(12)20)11-22-17-9-13(10-21)4-5-15(17)18(23)6-7-19(22)24/h2-5,8-9H,6-7,11H2,1H3. The first-order valence-electron chi connectivity index (χ1n) is 7.62. The number of carbonyl (C=O) groups excluding carboxylic acids is 2. The Morgan fingerprint density at radius 2 is 1.96 bits per heavy atom. The summed E-state index contributed by atoms with van der Waals surface area (Å²) in [6.07, 6.45) is 0.236. The van der Waals surface area contributed by atoms with Gasteiger partial charge in [-0.3, -0.25) is 9.59 Å². The Kier molecular flexibility index (Phi) is 4.13. The van der Waals surface area contributed by atoms with Crippen LogP contribution in [0.2, 0.25) is 0 Å². The molecular formula is C19H15FN2O2. The van der Waals surface area contributed by atoms with E-state index in [9.17, 15) is 14.0 Å². The predicted octanol–water partition coefficient (Wildman–Crippen LogP) is 3.52. The maximum atomic E-state index is 13.8. The lowest BCUT2D eigenvalue weighted by Gasteiger charge is -2.23. The molecule has 0 saturated carbocycles. The zero-order valence-corrected chi connectivity index (χ0v) is 13.2. The molecule has 1 amide bonds. The third-order valence-corrected chi connectivity index (χ3v) is 4.16. The van der Waals surface area contributed by atoms with Crippen LogP contribution in [0.15, 0.2) is 36.4 Å². The highest BCUT2D eigenvalue weighted by atomic mass is 19.1. The molecule has 3 rings (SSSR count). The molecule has 0 aliphatic carbocycles. The van der Waals surface area contributed by atoms with E-state index >= 15 is 0 Å². The summed E-state index contributed by atoms with van der Waals surface area (Å²) >= 11 is 0. The van der Waals surface area contributed by atoms with Crippen LogP contribution < -0.4 is 4.90 Å². The van der Waals surface area contributed by atoms with Crippen LogP contribution in [-0.2, 0) is 11.3 Å². The number of Topliss-reactive ketones (excluding diaryl/α,β-unsaturated/α-hetero) is 1. The van der Waals surface area contributed by atoms with Gasteiger partial charge in [0.25, 0.3) is 0 Å². The highest BCUT2D eigenvalue weighted by Crippen LogP contribution is 2.29. The van der Waals surface area contributed by atoms with Gasteiger partial charge in [0, 0.05) is 18.4 Å². The predicted molar refractivity (Wildman–Crippen MR) is 87.0 cm³/mol. The van der Waals surface area contributed by atoms with E-state index in [-0.39, 0.29) is 36.9 Å². The number of nitriles is 1. The van der Waals surface area contributed by atoms with Crippen LogP contribution in [0, 0.1) is 24.1 Å². The fourth-order valence-electron chi connectivity index (χ4n) is 2.78. The normalized spacial score (nSPS) is 14.1. The fraction of sp³-hybridized carbons (Fsp3) is 0.211. The van der Waals surface area contributed by atoms with Crippen LogP contribution in [0.1, 0.15) is 39.9 Å². The zero-order chi connectivity index (χ0) is 17.3. The first-order valence-corrected chi connectivity index (χ1v) is 7.62. The number of anilines is 1. The van der Waals surface area contributed by atoms with E-state index in [0.29, 0.717) is 27.9 Å². The molecule has 5 heteroatoms. The smallest absolute Gasteiger partial charge is 0.227 e. The largest absolute Gasteiger partial charge is 0.307 e. The van der Waals surface area contributed by atoms with Gasteiger partial charge in [0.15, 0.2) is 5.78 Å². The maximum Gasteiger partial charge on any atom is 0.227 e. The Hall–Kier alpha value is -3.00.